The largest absolute Gasteiger partial charge is 0.497 e. The van der Waals surface area contributed by atoms with Crippen LogP contribution in [0.2, 0.25) is 0 Å². The van der Waals surface area contributed by atoms with Crippen LogP contribution in [0.5, 0.6) is 5.75 Å². The van der Waals surface area contributed by atoms with E-state index in [9.17, 15) is 18.0 Å². The Kier molecular flexibility index (Phi) is 9.90. The third-order valence-corrected chi connectivity index (χ3v) is 7.81. The summed E-state index contributed by atoms with van der Waals surface area (Å²) in [7, 11) is -2.50. The van der Waals surface area contributed by atoms with Crippen molar-refractivity contribution >= 4 is 27.5 Å². The summed E-state index contributed by atoms with van der Waals surface area (Å²) in [6.45, 7) is 5.73. The van der Waals surface area contributed by atoms with Gasteiger partial charge in [0.2, 0.25) is 11.8 Å². The van der Waals surface area contributed by atoms with Gasteiger partial charge in [-0.3, -0.25) is 13.9 Å². The maximum atomic E-state index is 13.8. The molecule has 0 spiro atoms. The number of carbonyl (C=O) groups excluding carboxylic acids is 2. The lowest BCUT2D eigenvalue weighted by atomic mass is 10.1. The van der Waals surface area contributed by atoms with E-state index in [1.807, 2.05) is 26.0 Å². The number of sulfonamides is 1. The summed E-state index contributed by atoms with van der Waals surface area (Å²) in [6, 6.07) is 22.8. The van der Waals surface area contributed by atoms with E-state index in [0.29, 0.717) is 18.0 Å². The highest BCUT2D eigenvalue weighted by molar-refractivity contribution is 7.92. The number of hydrogen-bond donors (Lipinski definition) is 1. The Morgan fingerprint density at radius 2 is 1.45 bits per heavy atom. The first-order chi connectivity index (χ1) is 18.1. The van der Waals surface area contributed by atoms with Crippen LogP contribution in [0, 0.1) is 5.92 Å². The molecule has 9 heteroatoms. The van der Waals surface area contributed by atoms with Crippen molar-refractivity contribution in [2.45, 2.75) is 38.3 Å². The standard InChI is InChI=1S/C29H35N3O5S/c1-22(2)19-30-29(34)23(3)31(20-24-15-17-26(37-4)18-16-24)28(33)21-32(25-11-7-5-8-12-25)38(35,36)27-13-9-6-10-14-27/h5-18,22-23H,19-21H2,1-4H3,(H,30,34). The van der Waals surface area contributed by atoms with Crippen LogP contribution in [0.25, 0.3) is 0 Å². The van der Waals surface area contributed by atoms with Crippen LogP contribution in [-0.2, 0) is 26.2 Å². The molecule has 0 heterocycles. The second-order valence-corrected chi connectivity index (χ2v) is 11.2. The quantitative estimate of drug-likeness (QED) is 0.376. The maximum Gasteiger partial charge on any atom is 0.264 e. The van der Waals surface area contributed by atoms with Gasteiger partial charge in [-0.15, -0.1) is 0 Å². The zero-order valence-corrected chi connectivity index (χ0v) is 23.0. The first kappa shape index (κ1) is 28.7. The molecule has 0 aliphatic carbocycles. The number of carbonyl (C=O) groups is 2. The SMILES string of the molecule is COc1ccc(CN(C(=O)CN(c2ccccc2)S(=O)(=O)c2ccccc2)C(C)C(=O)NCC(C)C)cc1. The molecule has 38 heavy (non-hydrogen) atoms. The predicted octanol–water partition coefficient (Wildman–Crippen LogP) is 4.08. The molecule has 0 fully saturated rings. The summed E-state index contributed by atoms with van der Waals surface area (Å²) < 4.78 is 33.6. The summed E-state index contributed by atoms with van der Waals surface area (Å²) in [5.41, 5.74) is 1.13. The lowest BCUT2D eigenvalue weighted by Gasteiger charge is -2.32. The van der Waals surface area contributed by atoms with Gasteiger partial charge in [0.1, 0.15) is 18.3 Å². The molecular weight excluding hydrogens is 502 g/mol. The topological polar surface area (TPSA) is 96.0 Å². The Morgan fingerprint density at radius 3 is 2.00 bits per heavy atom. The van der Waals surface area contributed by atoms with Crippen molar-refractivity contribution in [3.8, 4) is 5.75 Å². The van der Waals surface area contributed by atoms with Crippen LogP contribution in [0.1, 0.15) is 26.3 Å². The molecule has 3 aromatic rings. The number of para-hydroxylation sites is 1. The lowest BCUT2D eigenvalue weighted by molar-refractivity contribution is -0.139. The number of amides is 2. The summed E-state index contributed by atoms with van der Waals surface area (Å²) in [6.07, 6.45) is 0. The highest BCUT2D eigenvalue weighted by atomic mass is 32.2. The van der Waals surface area contributed by atoms with E-state index in [1.54, 1.807) is 74.7 Å². The monoisotopic (exact) mass is 537 g/mol. The fraction of sp³-hybridized carbons (Fsp3) is 0.310. The van der Waals surface area contributed by atoms with Crippen molar-refractivity contribution in [3.05, 3.63) is 90.5 Å². The van der Waals surface area contributed by atoms with Crippen molar-refractivity contribution in [2.24, 2.45) is 5.92 Å². The van der Waals surface area contributed by atoms with Crippen molar-refractivity contribution in [1.29, 1.82) is 0 Å². The van der Waals surface area contributed by atoms with E-state index in [4.69, 9.17) is 4.74 Å². The fourth-order valence-corrected chi connectivity index (χ4v) is 5.24. The Balaban J connectivity index is 1.96. The van der Waals surface area contributed by atoms with Gasteiger partial charge in [-0.05, 0) is 54.8 Å². The zero-order chi connectivity index (χ0) is 27.7. The third-order valence-electron chi connectivity index (χ3n) is 6.02. The molecule has 2 amide bonds. The Bertz CT molecular complexity index is 1300. The number of anilines is 1. The van der Waals surface area contributed by atoms with Crippen LogP contribution in [0.4, 0.5) is 5.69 Å². The van der Waals surface area contributed by atoms with Crippen LogP contribution in [0.3, 0.4) is 0 Å². The normalized spacial score (nSPS) is 12.0. The Labute approximate surface area is 225 Å². The van der Waals surface area contributed by atoms with Gasteiger partial charge in [0, 0.05) is 13.1 Å². The number of rotatable bonds is 12. The molecule has 0 saturated heterocycles. The second-order valence-electron chi connectivity index (χ2n) is 9.34. The minimum atomic E-state index is -4.06. The molecule has 0 saturated carbocycles. The fourth-order valence-electron chi connectivity index (χ4n) is 3.81. The molecule has 3 rings (SSSR count). The van der Waals surface area contributed by atoms with Crippen molar-refractivity contribution in [1.82, 2.24) is 10.2 Å². The smallest absolute Gasteiger partial charge is 0.264 e. The molecule has 0 aromatic heterocycles. The van der Waals surface area contributed by atoms with Crippen LogP contribution < -0.4 is 14.4 Å². The third kappa shape index (κ3) is 7.35. The molecule has 0 radical (unpaired) electrons. The maximum absolute atomic E-state index is 13.8. The van der Waals surface area contributed by atoms with Gasteiger partial charge in [0.25, 0.3) is 10.0 Å². The predicted molar refractivity (Wildman–Crippen MR) is 148 cm³/mol. The Hall–Kier alpha value is -3.85. The van der Waals surface area contributed by atoms with E-state index >= 15 is 0 Å². The second kappa shape index (κ2) is 13.1. The average Bonchev–Trinajstić information content (AvgIpc) is 2.94. The molecule has 0 aliphatic heterocycles. The van der Waals surface area contributed by atoms with Crippen LogP contribution in [0.15, 0.2) is 89.8 Å². The number of ether oxygens (including phenoxy) is 1. The van der Waals surface area contributed by atoms with Gasteiger partial charge in [-0.2, -0.15) is 0 Å². The number of hydrogen-bond acceptors (Lipinski definition) is 5. The average molecular weight is 538 g/mol. The molecule has 1 atom stereocenters. The molecule has 202 valence electrons. The number of nitrogens with one attached hydrogen (secondary N) is 1. The molecule has 1 N–H and O–H groups in total. The highest BCUT2D eigenvalue weighted by Gasteiger charge is 2.32. The van der Waals surface area contributed by atoms with Gasteiger partial charge in [-0.25, -0.2) is 8.42 Å². The lowest BCUT2D eigenvalue weighted by Crippen LogP contribution is -2.51. The van der Waals surface area contributed by atoms with Crippen LogP contribution >= 0.6 is 0 Å². The first-order valence-corrected chi connectivity index (χ1v) is 13.9. The van der Waals surface area contributed by atoms with Gasteiger partial charge < -0.3 is 15.0 Å². The summed E-state index contributed by atoms with van der Waals surface area (Å²) in [5, 5.41) is 2.88. The molecular formula is C29H35N3O5S. The Morgan fingerprint density at radius 1 is 0.868 bits per heavy atom. The van der Waals surface area contributed by atoms with Gasteiger partial charge in [0.15, 0.2) is 0 Å². The van der Waals surface area contributed by atoms with Crippen molar-refractivity contribution < 1.29 is 22.7 Å². The first-order valence-electron chi connectivity index (χ1n) is 12.5. The number of benzene rings is 3. The molecule has 0 bridgehead atoms. The summed E-state index contributed by atoms with van der Waals surface area (Å²) >= 11 is 0. The summed E-state index contributed by atoms with van der Waals surface area (Å²) in [4.78, 5) is 28.3. The molecule has 8 nitrogen and oxygen atoms in total. The number of methoxy groups -OCH3 is 1. The van der Waals surface area contributed by atoms with Crippen molar-refractivity contribution in [3.63, 3.8) is 0 Å². The van der Waals surface area contributed by atoms with Gasteiger partial charge >= 0.3 is 0 Å². The molecule has 0 aliphatic rings. The van der Waals surface area contributed by atoms with E-state index in [1.165, 1.54) is 17.0 Å². The minimum absolute atomic E-state index is 0.0704. The molecule has 3 aromatic carbocycles. The van der Waals surface area contributed by atoms with E-state index in [2.05, 4.69) is 5.32 Å². The van der Waals surface area contributed by atoms with E-state index in [0.717, 1.165) is 9.87 Å². The van der Waals surface area contributed by atoms with E-state index in [-0.39, 0.29) is 23.3 Å². The minimum Gasteiger partial charge on any atom is -0.497 e. The van der Waals surface area contributed by atoms with Gasteiger partial charge in [0.05, 0.1) is 17.7 Å². The molecule has 1 unspecified atom stereocenters. The van der Waals surface area contributed by atoms with Crippen LogP contribution in [-0.4, -0.2) is 51.4 Å². The summed E-state index contributed by atoms with van der Waals surface area (Å²) in [5.74, 6) is 0.0918. The highest BCUT2D eigenvalue weighted by Crippen LogP contribution is 2.24. The van der Waals surface area contributed by atoms with E-state index < -0.39 is 28.5 Å². The van der Waals surface area contributed by atoms with Gasteiger partial charge in [-0.1, -0.05) is 62.4 Å². The number of nitrogens with zero attached hydrogens (tertiary/aromatic N) is 2. The zero-order valence-electron chi connectivity index (χ0n) is 22.2. The van der Waals surface area contributed by atoms with Crippen molar-refractivity contribution in [2.75, 3.05) is 24.5 Å².